The van der Waals surface area contributed by atoms with E-state index in [9.17, 15) is 9.59 Å². The van der Waals surface area contributed by atoms with Gasteiger partial charge in [0.1, 0.15) is 0 Å². The van der Waals surface area contributed by atoms with Gasteiger partial charge in [0.15, 0.2) is 5.75 Å². The van der Waals surface area contributed by atoms with Crippen molar-refractivity contribution in [3.63, 3.8) is 0 Å². The van der Waals surface area contributed by atoms with Gasteiger partial charge < -0.3 is 15.1 Å². The number of hydrogen-bond donors (Lipinski definition) is 3. The highest BCUT2D eigenvalue weighted by Gasteiger charge is 2.21. The van der Waals surface area contributed by atoms with Crippen molar-refractivity contribution in [2.45, 2.75) is 12.3 Å². The summed E-state index contributed by atoms with van der Waals surface area (Å²) in [5, 5.41) is 4.16. The van der Waals surface area contributed by atoms with Crippen LogP contribution >= 0.6 is 0 Å². The summed E-state index contributed by atoms with van der Waals surface area (Å²) < 4.78 is 0. The van der Waals surface area contributed by atoms with Crippen LogP contribution in [0.5, 0.6) is 5.75 Å². The maximum atomic E-state index is 13.4. The predicted molar refractivity (Wildman–Crippen MR) is 144 cm³/mol. The van der Waals surface area contributed by atoms with Crippen LogP contribution in [-0.2, 0) is 11.2 Å². The zero-order valence-corrected chi connectivity index (χ0v) is 20.2. The lowest BCUT2D eigenvalue weighted by Crippen LogP contribution is -2.27. The summed E-state index contributed by atoms with van der Waals surface area (Å²) in [7, 11) is 0. The fourth-order valence-corrected chi connectivity index (χ4v) is 4.69. The average Bonchev–Trinajstić information content (AvgIpc) is 3.36. The third-order valence-corrected chi connectivity index (χ3v) is 6.42. The monoisotopic (exact) mass is 489 g/mol. The number of carbonyl (C=O) groups is 2. The number of rotatable bonds is 10. The van der Waals surface area contributed by atoms with E-state index in [1.54, 1.807) is 6.07 Å². The minimum atomic E-state index is -0.274. The molecule has 0 bridgehead atoms. The number of benzene rings is 4. The second-order valence-corrected chi connectivity index (χ2v) is 8.71. The Labute approximate surface area is 215 Å². The fraction of sp³-hybridized carbons (Fsp3) is 0.0968. The number of fused-ring (bicyclic) bond motifs is 1. The Kier molecular flexibility index (Phi) is 7.27. The van der Waals surface area contributed by atoms with E-state index < -0.39 is 0 Å². The highest BCUT2D eigenvalue weighted by atomic mass is 16.7. The van der Waals surface area contributed by atoms with E-state index >= 15 is 0 Å². The summed E-state index contributed by atoms with van der Waals surface area (Å²) in [5.74, 6) is -0.0715. The fourth-order valence-electron chi connectivity index (χ4n) is 4.69. The molecule has 37 heavy (non-hydrogen) atoms. The van der Waals surface area contributed by atoms with Crippen molar-refractivity contribution in [3.8, 4) is 5.75 Å². The van der Waals surface area contributed by atoms with Gasteiger partial charge in [0.05, 0.1) is 5.56 Å². The lowest BCUT2D eigenvalue weighted by atomic mass is 9.84. The first-order valence-corrected chi connectivity index (χ1v) is 12.2. The van der Waals surface area contributed by atoms with Gasteiger partial charge in [0.2, 0.25) is 6.41 Å². The van der Waals surface area contributed by atoms with Crippen molar-refractivity contribution in [2.24, 2.45) is 0 Å². The Morgan fingerprint density at radius 3 is 2.22 bits per heavy atom. The van der Waals surface area contributed by atoms with Crippen molar-refractivity contribution >= 4 is 23.2 Å². The standard InChI is InChI=1S/C31H27N3O3/c35-21-34-37-29-16-15-24(30(22-9-3-1-4-10-22)23-11-5-2-6-12-23)19-27(29)31(36)32-18-17-25-20-33-28-14-8-7-13-26(25)28/h1-16,19-21,30,33H,17-18H2,(H,32,36)(H,34,35). The number of carbonyl (C=O) groups excluding carboxylic acids is 2. The molecule has 0 saturated heterocycles. The molecule has 0 atom stereocenters. The van der Waals surface area contributed by atoms with E-state index in [1.165, 1.54) is 0 Å². The molecule has 2 amide bonds. The summed E-state index contributed by atoms with van der Waals surface area (Å²) in [6, 6.07) is 33.9. The lowest BCUT2D eigenvalue weighted by Gasteiger charge is -2.20. The normalized spacial score (nSPS) is 10.8. The Balaban J connectivity index is 1.43. The summed E-state index contributed by atoms with van der Waals surface area (Å²) in [6.45, 7) is 0.451. The number of hydroxylamine groups is 1. The van der Waals surface area contributed by atoms with E-state index in [-0.39, 0.29) is 17.6 Å². The van der Waals surface area contributed by atoms with E-state index in [2.05, 4.69) is 46.1 Å². The molecule has 6 nitrogen and oxygen atoms in total. The Morgan fingerprint density at radius 1 is 0.838 bits per heavy atom. The Morgan fingerprint density at radius 2 is 1.51 bits per heavy atom. The van der Waals surface area contributed by atoms with Gasteiger partial charge in [-0.25, -0.2) is 0 Å². The molecule has 0 aliphatic rings. The van der Waals surface area contributed by atoms with Crippen LogP contribution in [0.3, 0.4) is 0 Å². The molecular weight excluding hydrogens is 462 g/mol. The van der Waals surface area contributed by atoms with Crippen LogP contribution < -0.4 is 15.6 Å². The molecule has 1 aromatic heterocycles. The molecule has 0 aliphatic carbocycles. The smallest absolute Gasteiger partial charge is 0.255 e. The zero-order chi connectivity index (χ0) is 25.5. The molecule has 6 heteroatoms. The highest BCUT2D eigenvalue weighted by molar-refractivity contribution is 5.97. The number of aromatic amines is 1. The number of H-pyrrole nitrogens is 1. The van der Waals surface area contributed by atoms with Crippen LogP contribution in [-0.4, -0.2) is 23.8 Å². The van der Waals surface area contributed by atoms with Gasteiger partial charge in [-0.1, -0.05) is 84.9 Å². The lowest BCUT2D eigenvalue weighted by molar-refractivity contribution is -0.115. The van der Waals surface area contributed by atoms with Gasteiger partial charge in [-0.2, -0.15) is 5.48 Å². The predicted octanol–water partition coefficient (Wildman–Crippen LogP) is 5.36. The van der Waals surface area contributed by atoms with Crippen molar-refractivity contribution in [1.29, 1.82) is 0 Å². The molecule has 0 saturated carbocycles. The first kappa shape index (κ1) is 23.9. The third-order valence-electron chi connectivity index (χ3n) is 6.42. The largest absolute Gasteiger partial charge is 0.379 e. The summed E-state index contributed by atoms with van der Waals surface area (Å²) >= 11 is 0. The second kappa shape index (κ2) is 11.3. The van der Waals surface area contributed by atoms with E-state index in [0.29, 0.717) is 24.9 Å². The summed E-state index contributed by atoms with van der Waals surface area (Å²) in [4.78, 5) is 32.9. The molecule has 0 radical (unpaired) electrons. The topological polar surface area (TPSA) is 83.2 Å². The first-order valence-electron chi connectivity index (χ1n) is 12.2. The van der Waals surface area contributed by atoms with Gasteiger partial charge in [-0.3, -0.25) is 9.59 Å². The van der Waals surface area contributed by atoms with E-state index in [1.807, 2.05) is 72.9 Å². The molecule has 1 heterocycles. The number of nitrogens with one attached hydrogen (secondary N) is 3. The van der Waals surface area contributed by atoms with Gasteiger partial charge in [0.25, 0.3) is 5.91 Å². The first-order chi connectivity index (χ1) is 18.2. The van der Waals surface area contributed by atoms with Crippen LogP contribution in [0.1, 0.15) is 38.5 Å². The van der Waals surface area contributed by atoms with Gasteiger partial charge >= 0.3 is 0 Å². The van der Waals surface area contributed by atoms with Crippen LogP contribution in [0.15, 0.2) is 109 Å². The number of hydrogen-bond acceptors (Lipinski definition) is 3. The zero-order valence-electron chi connectivity index (χ0n) is 20.2. The van der Waals surface area contributed by atoms with Gasteiger partial charge in [0, 0.05) is 29.6 Å². The molecular formula is C31H27N3O3. The Hall–Kier alpha value is -4.84. The third kappa shape index (κ3) is 5.38. The SMILES string of the molecule is O=CNOc1ccc(C(c2ccccc2)c2ccccc2)cc1C(=O)NCCc1c[nH]c2ccccc12. The van der Waals surface area contributed by atoms with Crippen molar-refractivity contribution in [1.82, 2.24) is 15.8 Å². The molecule has 0 aliphatic heterocycles. The molecule has 4 aromatic carbocycles. The number of amides is 2. The molecule has 3 N–H and O–H groups in total. The molecule has 0 fully saturated rings. The molecule has 5 rings (SSSR count). The van der Waals surface area contributed by atoms with Gasteiger partial charge in [-0.05, 0) is 46.9 Å². The molecule has 184 valence electrons. The minimum Gasteiger partial charge on any atom is -0.379 e. The maximum absolute atomic E-state index is 13.4. The molecule has 5 aromatic rings. The number of aromatic nitrogens is 1. The van der Waals surface area contributed by atoms with Gasteiger partial charge in [-0.15, -0.1) is 0 Å². The quantitative estimate of drug-likeness (QED) is 0.140. The summed E-state index contributed by atoms with van der Waals surface area (Å²) in [5.41, 5.74) is 7.92. The summed E-state index contributed by atoms with van der Waals surface area (Å²) in [6.07, 6.45) is 3.09. The van der Waals surface area contributed by atoms with Crippen molar-refractivity contribution in [2.75, 3.05) is 6.54 Å². The maximum Gasteiger partial charge on any atom is 0.255 e. The minimum absolute atomic E-state index is 0.0757. The average molecular weight is 490 g/mol. The Bertz CT molecular complexity index is 1460. The molecule has 0 spiro atoms. The van der Waals surface area contributed by atoms with Crippen molar-refractivity contribution in [3.05, 3.63) is 137 Å². The van der Waals surface area contributed by atoms with Crippen molar-refractivity contribution < 1.29 is 14.4 Å². The van der Waals surface area contributed by atoms with E-state index in [0.717, 1.165) is 33.2 Å². The van der Waals surface area contributed by atoms with Crippen LogP contribution in [0.2, 0.25) is 0 Å². The molecule has 0 unspecified atom stereocenters. The highest BCUT2D eigenvalue weighted by Crippen LogP contribution is 2.34. The second-order valence-electron chi connectivity index (χ2n) is 8.71. The van der Waals surface area contributed by atoms with Crippen LogP contribution in [0, 0.1) is 0 Å². The number of para-hydroxylation sites is 1. The van der Waals surface area contributed by atoms with Crippen LogP contribution in [0.4, 0.5) is 0 Å². The van der Waals surface area contributed by atoms with E-state index in [4.69, 9.17) is 4.84 Å². The van der Waals surface area contributed by atoms with Crippen LogP contribution in [0.25, 0.3) is 10.9 Å².